The van der Waals surface area contributed by atoms with E-state index >= 15 is 0 Å². The Bertz CT molecular complexity index is 516. The molecular formula is C12H9BrClNS. The van der Waals surface area contributed by atoms with Gasteiger partial charge in [0.15, 0.2) is 0 Å². The van der Waals surface area contributed by atoms with E-state index in [0.29, 0.717) is 5.15 Å². The van der Waals surface area contributed by atoms with Gasteiger partial charge >= 0.3 is 0 Å². The van der Waals surface area contributed by atoms with Crippen molar-refractivity contribution in [2.75, 3.05) is 0 Å². The molecule has 0 unspecified atom stereocenters. The van der Waals surface area contributed by atoms with E-state index in [4.69, 9.17) is 11.6 Å². The van der Waals surface area contributed by atoms with Crippen molar-refractivity contribution in [1.82, 2.24) is 4.98 Å². The van der Waals surface area contributed by atoms with Crippen LogP contribution >= 0.6 is 39.3 Å². The molecule has 2 rings (SSSR count). The van der Waals surface area contributed by atoms with E-state index in [1.165, 1.54) is 4.90 Å². The van der Waals surface area contributed by atoms with Crippen LogP contribution in [0.1, 0.15) is 5.56 Å². The fourth-order valence-corrected chi connectivity index (χ4v) is 2.92. The first kappa shape index (κ1) is 12.0. The second-order valence-electron chi connectivity index (χ2n) is 3.31. The first-order valence-corrected chi connectivity index (χ1v) is 6.70. The minimum Gasteiger partial charge on any atom is -0.244 e. The Labute approximate surface area is 112 Å². The van der Waals surface area contributed by atoms with E-state index in [1.54, 1.807) is 18.0 Å². The van der Waals surface area contributed by atoms with Crippen LogP contribution in [0.15, 0.2) is 50.8 Å². The second-order valence-corrected chi connectivity index (χ2v) is 5.63. The van der Waals surface area contributed by atoms with Gasteiger partial charge in [-0.15, -0.1) is 0 Å². The van der Waals surface area contributed by atoms with Crippen molar-refractivity contribution in [1.29, 1.82) is 0 Å². The van der Waals surface area contributed by atoms with Crippen LogP contribution in [0.4, 0.5) is 0 Å². The molecule has 1 heterocycles. The van der Waals surface area contributed by atoms with E-state index in [9.17, 15) is 0 Å². The van der Waals surface area contributed by atoms with Gasteiger partial charge in [-0.25, -0.2) is 4.98 Å². The lowest BCUT2D eigenvalue weighted by molar-refractivity contribution is 1.18. The average Bonchev–Trinajstić information content (AvgIpc) is 2.27. The molecule has 0 saturated carbocycles. The normalized spacial score (nSPS) is 10.4. The molecule has 0 saturated heterocycles. The highest BCUT2D eigenvalue weighted by Crippen LogP contribution is 2.35. The van der Waals surface area contributed by atoms with E-state index < -0.39 is 0 Å². The third kappa shape index (κ3) is 2.78. The topological polar surface area (TPSA) is 12.9 Å². The third-order valence-corrected chi connectivity index (χ3v) is 4.47. The molecule has 0 radical (unpaired) electrons. The highest BCUT2D eigenvalue weighted by atomic mass is 79.9. The second kappa shape index (κ2) is 5.21. The summed E-state index contributed by atoms with van der Waals surface area (Å²) in [5.41, 5.74) is 1.13. The molecule has 0 fully saturated rings. The summed E-state index contributed by atoms with van der Waals surface area (Å²) in [7, 11) is 0. The number of halogens is 2. The monoisotopic (exact) mass is 313 g/mol. The summed E-state index contributed by atoms with van der Waals surface area (Å²) >= 11 is 11.1. The van der Waals surface area contributed by atoms with Gasteiger partial charge in [-0.1, -0.05) is 35.5 Å². The van der Waals surface area contributed by atoms with Crippen LogP contribution in [0, 0.1) is 6.92 Å². The molecule has 1 aromatic heterocycles. The number of hydrogen-bond donors (Lipinski definition) is 0. The average molecular weight is 315 g/mol. The Morgan fingerprint density at radius 1 is 1.25 bits per heavy atom. The smallest absolute Gasteiger partial charge is 0.130 e. The Morgan fingerprint density at radius 3 is 2.75 bits per heavy atom. The number of aromatic nitrogens is 1. The predicted molar refractivity (Wildman–Crippen MR) is 72.2 cm³/mol. The van der Waals surface area contributed by atoms with E-state index in [1.807, 2.05) is 31.2 Å². The van der Waals surface area contributed by atoms with Gasteiger partial charge in [0.25, 0.3) is 0 Å². The van der Waals surface area contributed by atoms with Crippen molar-refractivity contribution >= 4 is 39.3 Å². The zero-order valence-corrected chi connectivity index (χ0v) is 11.7. The number of nitrogens with zero attached hydrogens (tertiary/aromatic N) is 1. The molecule has 0 atom stereocenters. The van der Waals surface area contributed by atoms with Crippen LogP contribution < -0.4 is 0 Å². The lowest BCUT2D eigenvalue weighted by Gasteiger charge is -2.06. The summed E-state index contributed by atoms with van der Waals surface area (Å²) in [4.78, 5) is 6.35. The van der Waals surface area contributed by atoms with Gasteiger partial charge in [-0.05, 0) is 46.6 Å². The van der Waals surface area contributed by atoms with Gasteiger partial charge in [-0.3, -0.25) is 0 Å². The van der Waals surface area contributed by atoms with Crippen LogP contribution in [-0.4, -0.2) is 4.98 Å². The first-order chi connectivity index (χ1) is 7.66. The number of hydrogen-bond acceptors (Lipinski definition) is 2. The van der Waals surface area contributed by atoms with Crippen LogP contribution in [0.2, 0.25) is 5.15 Å². The molecule has 0 spiro atoms. The SMILES string of the molecule is Cc1cnc(Cl)cc1Sc1ccccc1Br. The first-order valence-electron chi connectivity index (χ1n) is 4.71. The van der Waals surface area contributed by atoms with Crippen molar-refractivity contribution in [2.45, 2.75) is 16.7 Å². The lowest BCUT2D eigenvalue weighted by Crippen LogP contribution is -1.83. The Hall–Kier alpha value is -0.510. The largest absolute Gasteiger partial charge is 0.244 e. The molecule has 16 heavy (non-hydrogen) atoms. The molecular weight excluding hydrogens is 306 g/mol. The van der Waals surface area contributed by atoms with E-state index in [0.717, 1.165) is 14.9 Å². The molecule has 0 N–H and O–H groups in total. The standard InChI is InChI=1S/C12H9BrClNS/c1-8-7-15-12(14)6-11(8)16-10-5-3-2-4-9(10)13/h2-7H,1H3. The van der Waals surface area contributed by atoms with Gasteiger partial charge in [0.05, 0.1) is 0 Å². The summed E-state index contributed by atoms with van der Waals surface area (Å²) in [5, 5.41) is 0.528. The molecule has 1 nitrogen and oxygen atoms in total. The maximum Gasteiger partial charge on any atom is 0.130 e. The predicted octanol–water partition coefficient (Wildman–Crippen LogP) is 4.96. The van der Waals surface area contributed by atoms with Crippen LogP contribution in [0.5, 0.6) is 0 Å². The summed E-state index contributed by atoms with van der Waals surface area (Å²) in [5.74, 6) is 0. The summed E-state index contributed by atoms with van der Waals surface area (Å²) < 4.78 is 1.09. The highest BCUT2D eigenvalue weighted by molar-refractivity contribution is 9.10. The van der Waals surface area contributed by atoms with E-state index in [-0.39, 0.29) is 0 Å². The minimum absolute atomic E-state index is 0.528. The van der Waals surface area contributed by atoms with Crippen molar-refractivity contribution in [2.24, 2.45) is 0 Å². The molecule has 1 aromatic carbocycles. The maximum atomic E-state index is 5.89. The summed E-state index contributed by atoms with van der Waals surface area (Å²) in [6.07, 6.45) is 1.79. The maximum absolute atomic E-state index is 5.89. The Balaban J connectivity index is 2.34. The molecule has 0 aliphatic heterocycles. The van der Waals surface area contributed by atoms with Gasteiger partial charge < -0.3 is 0 Å². The third-order valence-electron chi connectivity index (χ3n) is 2.08. The summed E-state index contributed by atoms with van der Waals surface area (Å²) in [6, 6.07) is 10.0. The van der Waals surface area contributed by atoms with Gasteiger partial charge in [0, 0.05) is 20.5 Å². The summed E-state index contributed by atoms with van der Waals surface area (Å²) in [6.45, 7) is 2.03. The van der Waals surface area contributed by atoms with Gasteiger partial charge in [0.1, 0.15) is 5.15 Å². The van der Waals surface area contributed by atoms with Gasteiger partial charge in [0.2, 0.25) is 0 Å². The zero-order chi connectivity index (χ0) is 11.5. The quantitative estimate of drug-likeness (QED) is 0.727. The van der Waals surface area contributed by atoms with Crippen molar-refractivity contribution in [3.63, 3.8) is 0 Å². The zero-order valence-electron chi connectivity index (χ0n) is 8.58. The Morgan fingerprint density at radius 2 is 2.00 bits per heavy atom. The fourth-order valence-electron chi connectivity index (χ4n) is 1.24. The lowest BCUT2D eigenvalue weighted by atomic mass is 10.3. The fraction of sp³-hybridized carbons (Fsp3) is 0.0833. The number of aryl methyl sites for hydroxylation is 1. The number of benzene rings is 1. The highest BCUT2D eigenvalue weighted by Gasteiger charge is 2.05. The molecule has 0 bridgehead atoms. The van der Waals surface area contributed by atoms with Crippen LogP contribution in [0.25, 0.3) is 0 Å². The van der Waals surface area contributed by atoms with Crippen LogP contribution in [-0.2, 0) is 0 Å². The Kier molecular flexibility index (Phi) is 3.90. The molecule has 0 aliphatic rings. The van der Waals surface area contributed by atoms with Crippen molar-refractivity contribution in [3.8, 4) is 0 Å². The van der Waals surface area contributed by atoms with Crippen LogP contribution in [0.3, 0.4) is 0 Å². The van der Waals surface area contributed by atoms with E-state index in [2.05, 4.69) is 27.0 Å². The van der Waals surface area contributed by atoms with Gasteiger partial charge in [-0.2, -0.15) is 0 Å². The van der Waals surface area contributed by atoms with Crippen molar-refractivity contribution in [3.05, 3.63) is 51.7 Å². The van der Waals surface area contributed by atoms with Crippen molar-refractivity contribution < 1.29 is 0 Å². The molecule has 0 aliphatic carbocycles. The number of rotatable bonds is 2. The molecule has 0 amide bonds. The number of pyridine rings is 1. The minimum atomic E-state index is 0.528. The molecule has 2 aromatic rings. The molecule has 82 valence electrons. The molecule has 4 heteroatoms.